The molecule has 0 amide bonds. The average Bonchev–Trinajstić information content (AvgIpc) is 2.50. The zero-order chi connectivity index (χ0) is 15.7. The maximum atomic E-state index is 12.3. The molecule has 1 heterocycles. The fourth-order valence-corrected chi connectivity index (χ4v) is 2.77. The van der Waals surface area contributed by atoms with Crippen molar-refractivity contribution in [3.63, 3.8) is 0 Å². The second kappa shape index (κ2) is 9.59. The summed E-state index contributed by atoms with van der Waals surface area (Å²) in [6.45, 7) is 9.38. The first-order valence-electron chi connectivity index (χ1n) is 8.55. The minimum atomic E-state index is 0.178. The Bertz CT molecular complexity index is 399. The van der Waals surface area contributed by atoms with Crippen molar-refractivity contribution < 1.29 is 4.79 Å². The third kappa shape index (κ3) is 4.87. The summed E-state index contributed by atoms with van der Waals surface area (Å²) in [7, 11) is 0. The lowest BCUT2D eigenvalue weighted by Gasteiger charge is -2.31. The van der Waals surface area contributed by atoms with Crippen molar-refractivity contribution in [2.45, 2.75) is 79.1 Å². The number of hydrazine groups is 1. The summed E-state index contributed by atoms with van der Waals surface area (Å²) < 4.78 is 0. The zero-order valence-electron chi connectivity index (χ0n) is 14.2. The topological polar surface area (TPSA) is 44.7 Å². The minimum Gasteiger partial charge on any atom is -0.292 e. The van der Waals surface area contributed by atoms with Crippen LogP contribution < -0.4 is 5.53 Å². The Morgan fingerprint density at radius 3 is 2.43 bits per heavy atom. The highest BCUT2D eigenvalue weighted by Gasteiger charge is 2.25. The second-order valence-electron chi connectivity index (χ2n) is 5.57. The molecule has 0 aliphatic carbocycles. The molecule has 0 saturated heterocycles. The van der Waals surface area contributed by atoms with Crippen molar-refractivity contribution in [1.29, 1.82) is 0 Å². The summed E-state index contributed by atoms with van der Waals surface area (Å²) in [5.41, 5.74) is 6.12. The number of hydrazone groups is 1. The maximum absolute atomic E-state index is 12.3. The molecule has 0 saturated carbocycles. The van der Waals surface area contributed by atoms with E-state index in [2.05, 4.69) is 36.4 Å². The summed E-state index contributed by atoms with van der Waals surface area (Å²) in [5, 5.41) is 6.43. The van der Waals surface area contributed by atoms with Crippen LogP contribution in [0.2, 0.25) is 0 Å². The molecule has 0 radical (unpaired) electrons. The molecule has 21 heavy (non-hydrogen) atoms. The molecule has 1 aliphatic heterocycles. The number of carbonyl (C=O) groups excluding carboxylic acids is 1. The molecule has 1 rings (SSSR count). The largest absolute Gasteiger partial charge is 0.292 e. The van der Waals surface area contributed by atoms with Crippen molar-refractivity contribution in [2.24, 2.45) is 5.10 Å². The van der Waals surface area contributed by atoms with Crippen LogP contribution in [0.5, 0.6) is 0 Å². The van der Waals surface area contributed by atoms with Crippen molar-refractivity contribution >= 4 is 11.5 Å². The molecule has 0 fully saturated rings. The van der Waals surface area contributed by atoms with Gasteiger partial charge in [-0.1, -0.05) is 40.0 Å². The molecule has 0 bridgehead atoms. The summed E-state index contributed by atoms with van der Waals surface area (Å²) >= 11 is 0. The van der Waals surface area contributed by atoms with Crippen molar-refractivity contribution in [3.05, 3.63) is 11.3 Å². The van der Waals surface area contributed by atoms with Crippen LogP contribution in [0.25, 0.3) is 0 Å². The summed E-state index contributed by atoms with van der Waals surface area (Å²) in [5.74, 6) is 0.178. The van der Waals surface area contributed by atoms with Gasteiger partial charge >= 0.3 is 0 Å². The van der Waals surface area contributed by atoms with Gasteiger partial charge in [0.2, 0.25) is 0 Å². The van der Waals surface area contributed by atoms with E-state index in [9.17, 15) is 4.79 Å². The van der Waals surface area contributed by atoms with Crippen molar-refractivity contribution in [1.82, 2.24) is 10.5 Å². The Hall–Kier alpha value is -1.32. The lowest BCUT2D eigenvalue weighted by Crippen LogP contribution is -2.41. The summed E-state index contributed by atoms with van der Waals surface area (Å²) in [6.07, 6.45) is 8.23. The number of unbranched alkanes of at least 4 members (excludes halogenated alkanes) is 3. The van der Waals surface area contributed by atoms with Gasteiger partial charge < -0.3 is 0 Å². The van der Waals surface area contributed by atoms with E-state index in [1.54, 1.807) is 0 Å². The number of nitrogens with zero attached hydrogens (tertiary/aromatic N) is 2. The molecule has 0 atom stereocenters. The molecular weight excluding hydrogens is 262 g/mol. The summed E-state index contributed by atoms with van der Waals surface area (Å²) in [6, 6.07) is 0. The number of allylic oxidation sites excluding steroid dienone is 2. The highest BCUT2D eigenvalue weighted by Crippen LogP contribution is 2.24. The van der Waals surface area contributed by atoms with E-state index < -0.39 is 0 Å². The van der Waals surface area contributed by atoms with Crippen LogP contribution in [0, 0.1) is 0 Å². The van der Waals surface area contributed by atoms with E-state index in [4.69, 9.17) is 0 Å². The van der Waals surface area contributed by atoms with E-state index in [0.29, 0.717) is 12.1 Å². The van der Waals surface area contributed by atoms with Crippen LogP contribution >= 0.6 is 0 Å². The van der Waals surface area contributed by atoms with Gasteiger partial charge in [-0.2, -0.15) is 5.10 Å². The fraction of sp³-hybridized carbons (Fsp3) is 0.765. The predicted octanol–water partition coefficient (Wildman–Crippen LogP) is 4.19. The average molecular weight is 293 g/mol. The van der Waals surface area contributed by atoms with Crippen molar-refractivity contribution in [2.75, 3.05) is 6.54 Å². The second-order valence-corrected chi connectivity index (χ2v) is 5.57. The minimum absolute atomic E-state index is 0.178. The lowest BCUT2D eigenvalue weighted by molar-refractivity contribution is -0.113. The van der Waals surface area contributed by atoms with E-state index >= 15 is 0 Å². The Morgan fingerprint density at radius 2 is 1.86 bits per heavy atom. The van der Waals surface area contributed by atoms with Gasteiger partial charge in [0.15, 0.2) is 5.78 Å². The quantitative estimate of drug-likeness (QED) is 0.614. The first-order valence-corrected chi connectivity index (χ1v) is 8.55. The highest BCUT2D eigenvalue weighted by molar-refractivity contribution is 6.46. The SMILES string of the molecule is CCCCCCC1=C(CC)N(CC)NN=C1C(=O)CCC. The first-order chi connectivity index (χ1) is 10.2. The van der Waals surface area contributed by atoms with Gasteiger partial charge in [0.1, 0.15) is 5.71 Å². The zero-order valence-corrected chi connectivity index (χ0v) is 14.2. The number of carbonyl (C=O) groups is 1. The Kier molecular flexibility index (Phi) is 8.09. The molecule has 0 unspecified atom stereocenters. The molecule has 0 aromatic carbocycles. The smallest absolute Gasteiger partial charge is 0.183 e. The number of nitrogens with one attached hydrogen (secondary N) is 1. The molecule has 0 spiro atoms. The van der Waals surface area contributed by atoms with Gasteiger partial charge in [-0.15, -0.1) is 0 Å². The van der Waals surface area contributed by atoms with Gasteiger partial charge in [0, 0.05) is 24.2 Å². The van der Waals surface area contributed by atoms with Crippen LogP contribution in [-0.4, -0.2) is 23.0 Å². The van der Waals surface area contributed by atoms with E-state index in [0.717, 1.165) is 32.2 Å². The predicted molar refractivity (Wildman–Crippen MR) is 88.9 cm³/mol. The number of rotatable bonds is 10. The van der Waals surface area contributed by atoms with Crippen LogP contribution in [0.15, 0.2) is 16.4 Å². The summed E-state index contributed by atoms with van der Waals surface area (Å²) in [4.78, 5) is 12.3. The van der Waals surface area contributed by atoms with Crippen molar-refractivity contribution in [3.8, 4) is 0 Å². The number of Topliss-reactive ketones (excluding diaryl/α,β-unsaturated/α-hetero) is 1. The first kappa shape index (κ1) is 17.7. The van der Waals surface area contributed by atoms with Crippen LogP contribution in [0.1, 0.15) is 79.1 Å². The highest BCUT2D eigenvalue weighted by atomic mass is 16.1. The maximum Gasteiger partial charge on any atom is 0.183 e. The molecule has 4 heteroatoms. The number of hydrogen-bond donors (Lipinski definition) is 1. The Balaban J connectivity index is 2.92. The van der Waals surface area contributed by atoms with Gasteiger partial charge in [-0.3, -0.25) is 9.80 Å². The van der Waals surface area contributed by atoms with Crippen LogP contribution in [0.4, 0.5) is 0 Å². The molecule has 4 nitrogen and oxygen atoms in total. The third-order valence-electron chi connectivity index (χ3n) is 3.92. The molecule has 1 aliphatic rings. The van der Waals surface area contributed by atoms with E-state index in [1.807, 2.05) is 6.92 Å². The standard InChI is InChI=1S/C17H31N3O/c1-5-9-10-11-13-14-15(7-3)20(8-4)19-18-17(14)16(21)12-6-2/h19H,5-13H2,1-4H3. The normalized spacial score (nSPS) is 15.0. The Labute approximate surface area is 129 Å². The molecular formula is C17H31N3O. The number of ketones is 1. The third-order valence-corrected chi connectivity index (χ3v) is 3.92. The van der Waals surface area contributed by atoms with Crippen LogP contribution in [-0.2, 0) is 4.79 Å². The van der Waals surface area contributed by atoms with E-state index in [1.165, 1.54) is 30.5 Å². The Morgan fingerprint density at radius 1 is 1.10 bits per heavy atom. The van der Waals surface area contributed by atoms with E-state index in [-0.39, 0.29) is 5.78 Å². The number of hydrogen-bond acceptors (Lipinski definition) is 4. The van der Waals surface area contributed by atoms with Gasteiger partial charge in [-0.05, 0) is 32.6 Å². The lowest BCUT2D eigenvalue weighted by atomic mass is 9.94. The van der Waals surface area contributed by atoms with Gasteiger partial charge in [0.25, 0.3) is 0 Å². The fourth-order valence-electron chi connectivity index (χ4n) is 2.77. The molecule has 0 aromatic rings. The monoisotopic (exact) mass is 293 g/mol. The van der Waals surface area contributed by atoms with Crippen LogP contribution in [0.3, 0.4) is 0 Å². The molecule has 120 valence electrons. The molecule has 1 N–H and O–H groups in total. The van der Waals surface area contributed by atoms with Gasteiger partial charge in [0.05, 0.1) is 0 Å². The van der Waals surface area contributed by atoms with Gasteiger partial charge in [-0.25, -0.2) is 5.53 Å². The molecule has 0 aromatic heterocycles.